The van der Waals surface area contributed by atoms with Gasteiger partial charge in [-0.15, -0.1) is 0 Å². The Morgan fingerprint density at radius 2 is 1.60 bits per heavy atom. The zero-order chi connectivity index (χ0) is 13.9. The highest BCUT2D eigenvalue weighted by Crippen LogP contribution is 2.32. The molecule has 20 heavy (non-hydrogen) atoms. The number of hydrogen-bond acceptors (Lipinski definition) is 2. The number of hydrogen-bond donors (Lipinski definition) is 0. The van der Waals surface area contributed by atoms with E-state index in [1.165, 1.54) is 5.56 Å². The van der Waals surface area contributed by atoms with E-state index in [0.29, 0.717) is 6.54 Å². The zero-order valence-corrected chi connectivity index (χ0v) is 11.6. The summed E-state index contributed by atoms with van der Waals surface area (Å²) in [5.41, 5.74) is 3.44. The third-order valence-electron chi connectivity index (χ3n) is 3.80. The zero-order valence-electron chi connectivity index (χ0n) is 11.6. The average Bonchev–Trinajstić information content (AvgIpc) is 2.50. The lowest BCUT2D eigenvalue weighted by Crippen LogP contribution is -2.44. The Balaban J connectivity index is 1.80. The first-order valence-electron chi connectivity index (χ1n) is 6.90. The molecule has 0 aromatic heterocycles. The van der Waals surface area contributed by atoms with Gasteiger partial charge >= 0.3 is 0 Å². The van der Waals surface area contributed by atoms with Gasteiger partial charge in [-0.05, 0) is 24.1 Å². The average molecular weight is 266 g/mol. The van der Waals surface area contributed by atoms with Crippen LogP contribution in [0.4, 0.5) is 11.4 Å². The van der Waals surface area contributed by atoms with Gasteiger partial charge in [0.1, 0.15) is 0 Å². The smallest absolute Gasteiger partial charge is 0.246 e. The Hall–Kier alpha value is -2.29. The van der Waals surface area contributed by atoms with Crippen LogP contribution in [0.3, 0.4) is 0 Å². The maximum atomic E-state index is 12.1. The Bertz CT molecular complexity index is 609. The molecule has 2 aromatic carbocycles. The molecule has 0 bridgehead atoms. The number of para-hydroxylation sites is 2. The monoisotopic (exact) mass is 266 g/mol. The van der Waals surface area contributed by atoms with Gasteiger partial charge in [0.25, 0.3) is 0 Å². The van der Waals surface area contributed by atoms with Crippen LogP contribution in [0.1, 0.15) is 5.56 Å². The van der Waals surface area contributed by atoms with Crippen LogP contribution in [-0.2, 0) is 11.2 Å². The van der Waals surface area contributed by atoms with E-state index in [-0.39, 0.29) is 5.91 Å². The summed E-state index contributed by atoms with van der Waals surface area (Å²) in [4.78, 5) is 16.0. The van der Waals surface area contributed by atoms with Crippen LogP contribution in [-0.4, -0.2) is 26.0 Å². The fourth-order valence-electron chi connectivity index (χ4n) is 2.61. The Morgan fingerprint density at radius 3 is 2.35 bits per heavy atom. The molecule has 3 heteroatoms. The molecule has 0 fully saturated rings. The van der Waals surface area contributed by atoms with Crippen molar-refractivity contribution in [3.05, 3.63) is 60.2 Å². The van der Waals surface area contributed by atoms with Crippen LogP contribution in [0, 0.1) is 0 Å². The molecular formula is C17H18N2O. The van der Waals surface area contributed by atoms with E-state index >= 15 is 0 Å². The van der Waals surface area contributed by atoms with Gasteiger partial charge in [-0.1, -0.05) is 42.5 Å². The Morgan fingerprint density at radius 1 is 0.950 bits per heavy atom. The van der Waals surface area contributed by atoms with Gasteiger partial charge in [0.05, 0.1) is 17.9 Å². The van der Waals surface area contributed by atoms with Crippen molar-refractivity contribution in [2.24, 2.45) is 0 Å². The second-order valence-electron chi connectivity index (χ2n) is 5.10. The fraction of sp³-hybridized carbons (Fsp3) is 0.235. The summed E-state index contributed by atoms with van der Waals surface area (Å²) >= 11 is 0. The number of carbonyl (C=O) groups excluding carboxylic acids is 1. The Kier molecular flexibility index (Phi) is 3.42. The first kappa shape index (κ1) is 12.7. The lowest BCUT2D eigenvalue weighted by Gasteiger charge is -2.35. The van der Waals surface area contributed by atoms with Gasteiger partial charge in [0.15, 0.2) is 0 Å². The summed E-state index contributed by atoms with van der Waals surface area (Å²) in [7, 11) is 1.84. The minimum Gasteiger partial charge on any atom is -0.360 e. The summed E-state index contributed by atoms with van der Waals surface area (Å²) in [6.45, 7) is 1.32. The van der Waals surface area contributed by atoms with Crippen molar-refractivity contribution >= 4 is 17.3 Å². The van der Waals surface area contributed by atoms with Crippen molar-refractivity contribution < 1.29 is 4.79 Å². The number of amides is 1. The van der Waals surface area contributed by atoms with E-state index in [9.17, 15) is 4.79 Å². The Labute approximate surface area is 119 Å². The minimum absolute atomic E-state index is 0.150. The van der Waals surface area contributed by atoms with Gasteiger partial charge in [-0.2, -0.15) is 0 Å². The summed E-state index contributed by atoms with van der Waals surface area (Å²) < 4.78 is 0. The predicted molar refractivity (Wildman–Crippen MR) is 82.2 cm³/mol. The van der Waals surface area contributed by atoms with Crippen molar-refractivity contribution in [1.82, 2.24) is 0 Å². The quantitative estimate of drug-likeness (QED) is 0.853. The molecule has 0 atom stereocenters. The maximum Gasteiger partial charge on any atom is 0.246 e. The van der Waals surface area contributed by atoms with Crippen LogP contribution in [0.2, 0.25) is 0 Å². The molecule has 102 valence electrons. The summed E-state index contributed by atoms with van der Waals surface area (Å²) in [6, 6.07) is 18.5. The largest absolute Gasteiger partial charge is 0.360 e. The number of benzene rings is 2. The fourth-order valence-corrected chi connectivity index (χ4v) is 2.61. The highest BCUT2D eigenvalue weighted by atomic mass is 16.2. The molecule has 0 radical (unpaired) electrons. The lowest BCUT2D eigenvalue weighted by atomic mass is 10.1. The topological polar surface area (TPSA) is 23.6 Å². The summed E-state index contributed by atoms with van der Waals surface area (Å²) in [5.74, 6) is 0.150. The van der Waals surface area contributed by atoms with Gasteiger partial charge in [-0.3, -0.25) is 4.79 Å². The third kappa shape index (κ3) is 2.39. The molecule has 0 aliphatic carbocycles. The first-order valence-corrected chi connectivity index (χ1v) is 6.90. The minimum atomic E-state index is 0.150. The molecule has 0 saturated heterocycles. The highest BCUT2D eigenvalue weighted by Gasteiger charge is 2.25. The summed E-state index contributed by atoms with van der Waals surface area (Å²) in [5, 5.41) is 0. The van der Waals surface area contributed by atoms with Crippen LogP contribution in [0.5, 0.6) is 0 Å². The second-order valence-corrected chi connectivity index (χ2v) is 5.10. The van der Waals surface area contributed by atoms with E-state index in [4.69, 9.17) is 0 Å². The number of likely N-dealkylation sites (N-methyl/N-ethyl adjacent to an activating group) is 1. The molecule has 1 amide bonds. The van der Waals surface area contributed by atoms with E-state index in [2.05, 4.69) is 35.2 Å². The first-order chi connectivity index (χ1) is 9.75. The SMILES string of the molecule is CN1C(=O)CN(CCc2ccccc2)c2ccccc21. The van der Waals surface area contributed by atoms with E-state index in [0.717, 1.165) is 24.3 Å². The van der Waals surface area contributed by atoms with E-state index < -0.39 is 0 Å². The standard InChI is InChI=1S/C17H18N2O/c1-18-15-9-5-6-10-16(15)19(13-17(18)20)12-11-14-7-3-2-4-8-14/h2-10H,11-13H2,1H3. The number of anilines is 2. The van der Waals surface area contributed by atoms with Crippen LogP contribution in [0.25, 0.3) is 0 Å². The number of fused-ring (bicyclic) bond motifs is 1. The van der Waals surface area contributed by atoms with Crippen LogP contribution < -0.4 is 9.80 Å². The van der Waals surface area contributed by atoms with Gasteiger partial charge in [0.2, 0.25) is 5.91 Å². The molecule has 1 aliphatic rings. The molecule has 2 aromatic rings. The van der Waals surface area contributed by atoms with Crippen LogP contribution >= 0.6 is 0 Å². The number of nitrogens with zero attached hydrogens (tertiary/aromatic N) is 2. The third-order valence-corrected chi connectivity index (χ3v) is 3.80. The van der Waals surface area contributed by atoms with Crippen molar-refractivity contribution in [2.75, 3.05) is 29.9 Å². The predicted octanol–water partition coefficient (Wildman–Crippen LogP) is 2.71. The molecule has 0 spiro atoms. The van der Waals surface area contributed by atoms with Gasteiger partial charge < -0.3 is 9.80 Å². The maximum absolute atomic E-state index is 12.1. The molecule has 0 unspecified atom stereocenters. The second kappa shape index (κ2) is 5.37. The van der Waals surface area contributed by atoms with E-state index in [1.807, 2.05) is 31.3 Å². The lowest BCUT2D eigenvalue weighted by molar-refractivity contribution is -0.117. The van der Waals surface area contributed by atoms with Crippen molar-refractivity contribution in [3.63, 3.8) is 0 Å². The summed E-state index contributed by atoms with van der Waals surface area (Å²) in [6.07, 6.45) is 0.951. The van der Waals surface area contributed by atoms with Crippen molar-refractivity contribution in [2.45, 2.75) is 6.42 Å². The molecule has 3 nitrogen and oxygen atoms in total. The van der Waals surface area contributed by atoms with Crippen molar-refractivity contribution in [3.8, 4) is 0 Å². The molecule has 0 saturated carbocycles. The van der Waals surface area contributed by atoms with Crippen LogP contribution in [0.15, 0.2) is 54.6 Å². The van der Waals surface area contributed by atoms with Gasteiger partial charge in [0, 0.05) is 13.6 Å². The van der Waals surface area contributed by atoms with Crippen molar-refractivity contribution in [1.29, 1.82) is 0 Å². The molecule has 1 aliphatic heterocycles. The molecule has 0 N–H and O–H groups in total. The molecular weight excluding hydrogens is 248 g/mol. The van der Waals surface area contributed by atoms with E-state index in [1.54, 1.807) is 4.90 Å². The molecule has 1 heterocycles. The van der Waals surface area contributed by atoms with Gasteiger partial charge in [-0.25, -0.2) is 0 Å². The number of rotatable bonds is 3. The molecule has 3 rings (SSSR count). The number of carbonyl (C=O) groups is 1. The highest BCUT2D eigenvalue weighted by molar-refractivity contribution is 6.02. The normalized spacial score (nSPS) is 14.3.